The molecule has 9 aromatic heterocycles. The van der Waals surface area contributed by atoms with Gasteiger partial charge in [0.25, 0.3) is 0 Å². The molecule has 12 heterocycles. The lowest BCUT2D eigenvalue weighted by Crippen LogP contribution is -2.29. The van der Waals surface area contributed by atoms with Gasteiger partial charge >= 0.3 is 29.1 Å². The zero-order valence-electron chi connectivity index (χ0n) is 79.7. The van der Waals surface area contributed by atoms with Gasteiger partial charge in [0.05, 0.1) is 55.9 Å². The van der Waals surface area contributed by atoms with Crippen molar-refractivity contribution in [2.24, 2.45) is 0 Å². The van der Waals surface area contributed by atoms with Crippen LogP contribution in [0.1, 0.15) is 110 Å². The van der Waals surface area contributed by atoms with Crippen LogP contribution in [0.5, 0.6) is 34.5 Å². The van der Waals surface area contributed by atoms with Gasteiger partial charge in [0, 0.05) is 88.9 Å². The summed E-state index contributed by atoms with van der Waals surface area (Å²) in [5, 5.41) is 91.6. The van der Waals surface area contributed by atoms with Crippen LogP contribution >= 0.6 is 97.7 Å². The van der Waals surface area contributed by atoms with E-state index < -0.39 is 47.8 Å². The highest BCUT2D eigenvalue weighted by molar-refractivity contribution is 9.11. The molecule has 3 aliphatic rings. The van der Waals surface area contributed by atoms with Gasteiger partial charge in [0.15, 0.2) is 36.4 Å². The number of rotatable bonds is 24. The minimum atomic E-state index is -0.748. The van der Waals surface area contributed by atoms with Crippen LogP contribution in [-0.4, -0.2) is 165 Å². The number of halogens is 10. The molecule has 3 fully saturated rings. The standard InChI is InChI=1S/C21H21FN4O3S.C21H23FN4OS.2C12H8BrFN2O3.C10H16N2S.2C7H7FO.2C5H3BrN2O3/c1-25-8-6-15(7-9-25)21-24-12-19(30-21)16-10-18(20(23-11-16)26(27)28)29-13-14-2-4-17(22)5-3-14;1-26-8-6-15(7-9-26)21-25-12-19(28-21)16-10-18(20(23)24-11-16)27-13-14-2-4-17(22)5-3-14;2*13-9-5-11(12(15-6-9)16(17)18)19-7-8-1-3-10(14)4-2-8;1-8-7-11-10(13-8)9-3-5-12(2)6-4-9;2*8-7-3-1-6(5-9)2-4-7;2*6-3-1-4(9)5(7-2-3)8(10)11/h2-5,10-12,15H,6-9,13H2,1H3;2-5,10-12,15H,6-9,13H2,1H3,(H2,23,24);2*1-6H,7H2;7,9H,3-6H2,1-2H3;2*1-4,9H,5H2;2*1-2,9H. The predicted octanol–water partition coefficient (Wildman–Crippen LogP) is 23.7. The summed E-state index contributed by atoms with van der Waals surface area (Å²) in [6, 6.07) is 43.8. The Kier molecular flexibility index (Phi) is 46.5. The predicted molar refractivity (Wildman–Crippen MR) is 562 cm³/mol. The van der Waals surface area contributed by atoms with Gasteiger partial charge in [-0.1, -0.05) is 72.8 Å². The molecular weight excluding hydrogens is 2270 g/mol. The van der Waals surface area contributed by atoms with Crippen LogP contribution < -0.4 is 24.7 Å². The zero-order valence-corrected chi connectivity index (χ0v) is 88.5. The van der Waals surface area contributed by atoms with E-state index >= 15 is 0 Å². The van der Waals surface area contributed by atoms with Crippen LogP contribution in [0.25, 0.3) is 20.9 Å². The molecule has 149 heavy (non-hydrogen) atoms. The maximum Gasteiger partial charge on any atom is 0.406 e. The highest BCUT2D eigenvalue weighted by Gasteiger charge is 2.28. The van der Waals surface area contributed by atoms with E-state index in [-0.39, 0.29) is 103 Å². The zero-order chi connectivity index (χ0) is 108. The number of aromatic nitrogens is 9. The number of aromatic hydroxyl groups is 2. The molecule has 6 aromatic carbocycles. The van der Waals surface area contributed by atoms with Crippen molar-refractivity contribution in [2.75, 3.05) is 66.1 Å². The van der Waals surface area contributed by atoms with Gasteiger partial charge in [-0.3, -0.25) is 0 Å². The number of piperidine rings is 3. The van der Waals surface area contributed by atoms with Crippen molar-refractivity contribution >= 4 is 133 Å². The third-order valence-corrected chi connectivity index (χ3v) is 26.9. The number of nitrogens with zero attached hydrogens (tertiary/aromatic N) is 17. The number of benzene rings is 6. The van der Waals surface area contributed by atoms with Crippen molar-refractivity contribution in [3.63, 3.8) is 0 Å². The van der Waals surface area contributed by atoms with Gasteiger partial charge in [-0.05, 0) is 331 Å². The number of aliphatic hydroxyl groups excluding tert-OH is 2. The van der Waals surface area contributed by atoms with E-state index in [0.29, 0.717) is 64.6 Å². The van der Waals surface area contributed by atoms with E-state index in [1.165, 1.54) is 169 Å². The molecule has 15 aromatic rings. The van der Waals surface area contributed by atoms with Gasteiger partial charge in [0.1, 0.15) is 67.5 Å². The number of nitro groups is 5. The molecule has 0 atom stereocenters. The molecule has 0 amide bonds. The van der Waals surface area contributed by atoms with Crippen molar-refractivity contribution in [3.8, 4) is 55.4 Å². The smallest absolute Gasteiger partial charge is 0.406 e. The largest absolute Gasteiger partial charge is 0.501 e. The van der Waals surface area contributed by atoms with Crippen molar-refractivity contribution in [3.05, 3.63) is 394 Å². The fourth-order valence-electron chi connectivity index (χ4n) is 13.7. The molecule has 782 valence electrons. The lowest BCUT2D eigenvalue weighted by molar-refractivity contribution is -0.390. The Morgan fingerprint density at radius 2 is 0.577 bits per heavy atom. The fraction of sp³-hybridized carbons (Fsp3) is 0.250. The molecular formula is C100H96Br4F6N18O18S3. The molecule has 6 N–H and O–H groups in total. The number of hydrogen-bond donors (Lipinski definition) is 5. The SMILES string of the molecule is CN1CCC(c2ncc(-c3cnc(N)c(OCc4ccc(F)cc4)c3)s2)CC1.CN1CCC(c2ncc(-c3cnc([N+](=O)[O-])c(OCc4ccc(F)cc4)c3)s2)CC1.Cc1cnc(C2CCN(C)CC2)s1.O=[N+]([O-])c1ncc(Br)cc1O.O=[N+]([O-])c1ncc(Br)cc1O.O=[N+]([O-])c1ncc(Br)cc1OCc1ccc(F)cc1.O=[N+]([O-])c1ncc(Br)cc1OCc1ccc(F)cc1.OCc1ccc(F)cc1.OCc1ccc(F)cc1. The lowest BCUT2D eigenvalue weighted by atomic mass is 9.98. The van der Waals surface area contributed by atoms with Gasteiger partial charge < -0.3 is 110 Å². The molecule has 49 heteroatoms. The Bertz CT molecular complexity index is 6670. The Hall–Kier alpha value is -14.0. The molecule has 0 radical (unpaired) electrons. The van der Waals surface area contributed by atoms with Crippen LogP contribution in [0.4, 0.5) is 61.2 Å². The molecule has 0 spiro atoms. The number of nitrogens with two attached hydrogens (primary N) is 1. The third-order valence-electron chi connectivity index (χ3n) is 21.7. The monoisotopic (exact) mass is 2360 g/mol. The maximum absolute atomic E-state index is 13.1. The van der Waals surface area contributed by atoms with Crippen LogP contribution in [0.2, 0.25) is 0 Å². The summed E-state index contributed by atoms with van der Waals surface area (Å²) < 4.78 is 100. The summed E-state index contributed by atoms with van der Waals surface area (Å²) in [5.41, 5.74) is 12.1. The lowest BCUT2D eigenvalue weighted by Gasteiger charge is -2.27. The first-order valence-electron chi connectivity index (χ1n) is 44.9. The van der Waals surface area contributed by atoms with Crippen molar-refractivity contribution in [1.82, 2.24) is 59.6 Å². The Morgan fingerprint density at radius 1 is 0.336 bits per heavy atom. The van der Waals surface area contributed by atoms with Gasteiger partial charge in [0.2, 0.25) is 28.7 Å². The topological polar surface area (TPSA) is 485 Å². The Morgan fingerprint density at radius 3 is 0.852 bits per heavy atom. The molecule has 0 aliphatic carbocycles. The molecule has 36 nitrogen and oxygen atoms in total. The third kappa shape index (κ3) is 38.9. The minimum absolute atomic E-state index is 0.0275. The van der Waals surface area contributed by atoms with Gasteiger partial charge in [-0.15, -0.1) is 34.0 Å². The minimum Gasteiger partial charge on any atom is -0.501 e. The number of hydrogen-bond acceptors (Lipinski definition) is 34. The van der Waals surface area contributed by atoms with E-state index in [0.717, 1.165) is 100 Å². The van der Waals surface area contributed by atoms with Gasteiger partial charge in [-0.25, -0.2) is 46.3 Å². The van der Waals surface area contributed by atoms with Crippen molar-refractivity contribution < 1.29 is 90.3 Å². The maximum atomic E-state index is 13.1. The van der Waals surface area contributed by atoms with E-state index in [9.17, 15) is 76.9 Å². The average molecular weight is 2370 g/mol. The van der Waals surface area contributed by atoms with Crippen molar-refractivity contribution in [1.29, 1.82) is 0 Å². The Labute approximate surface area is 894 Å². The van der Waals surface area contributed by atoms with Crippen LogP contribution in [-0.2, 0) is 39.6 Å². The first-order valence-corrected chi connectivity index (χ1v) is 50.5. The summed E-state index contributed by atoms with van der Waals surface area (Å²) in [6.07, 6.45) is 21.1. The first kappa shape index (κ1) is 117. The van der Waals surface area contributed by atoms with E-state index in [1.807, 2.05) is 29.8 Å². The number of ether oxygens (including phenoxy) is 4. The number of anilines is 1. The van der Waals surface area contributed by atoms with Crippen LogP contribution in [0.3, 0.4) is 0 Å². The second kappa shape index (κ2) is 59.3. The van der Waals surface area contributed by atoms with E-state index in [4.69, 9.17) is 45.1 Å². The Balaban J connectivity index is 0.000000177. The summed E-state index contributed by atoms with van der Waals surface area (Å²) >= 11 is 17.5. The second-order valence-electron chi connectivity index (χ2n) is 32.8. The highest BCUT2D eigenvalue weighted by atomic mass is 79.9. The number of nitrogen functional groups attached to an aromatic ring is 1. The van der Waals surface area contributed by atoms with E-state index in [2.05, 4.69) is 151 Å². The summed E-state index contributed by atoms with van der Waals surface area (Å²) in [7, 11) is 6.49. The quantitative estimate of drug-likeness (QED) is 0.0213. The second-order valence-corrected chi connectivity index (χ2v) is 39.8. The fourth-order valence-corrected chi connectivity index (χ4v) is 18.0. The number of aryl methyl sites for hydroxylation is 1. The van der Waals surface area contributed by atoms with Gasteiger partial charge in [-0.2, -0.15) is 0 Å². The highest BCUT2D eigenvalue weighted by Crippen LogP contribution is 2.41. The normalized spacial score (nSPS) is 13.0. The number of thiazole rings is 3. The molecule has 3 saturated heterocycles. The van der Waals surface area contributed by atoms with E-state index in [1.54, 1.807) is 114 Å². The summed E-state index contributed by atoms with van der Waals surface area (Å²) in [4.78, 5) is 96.3. The average Bonchev–Trinajstić information content (AvgIpc) is 1.73. The van der Waals surface area contributed by atoms with Crippen molar-refractivity contribution in [2.45, 2.75) is 103 Å². The number of aliphatic hydroxyl groups is 2. The first-order chi connectivity index (χ1) is 71.3. The molecule has 0 bridgehead atoms. The molecule has 0 unspecified atom stereocenters. The number of pyridine rings is 6. The summed E-state index contributed by atoms with van der Waals surface area (Å²) in [6.45, 7) is 9.45. The molecule has 0 saturated carbocycles. The number of likely N-dealkylation sites (tertiary alicyclic amines) is 3. The molecule has 3 aliphatic heterocycles. The summed E-state index contributed by atoms with van der Waals surface area (Å²) in [5.74, 6) is -2.09. The van der Waals surface area contributed by atoms with Crippen LogP contribution in [0.15, 0.2) is 256 Å². The molecule has 18 rings (SSSR count). The van der Waals surface area contributed by atoms with Crippen LogP contribution in [0, 0.1) is 92.4 Å².